The van der Waals surface area contributed by atoms with Crippen LogP contribution in [-0.2, 0) is 14.3 Å². The maximum absolute atomic E-state index is 11.4. The van der Waals surface area contributed by atoms with E-state index in [1.165, 1.54) is 0 Å². The highest BCUT2D eigenvalue weighted by Gasteiger charge is 2.25. The number of rotatable bonds is 7. The number of carboxylic acid groups (broad SMARTS) is 1. The third-order valence-electron chi connectivity index (χ3n) is 2.34. The smallest absolute Gasteiger partial charge is 0.326 e. The van der Waals surface area contributed by atoms with Gasteiger partial charge in [-0.1, -0.05) is 20.3 Å². The van der Waals surface area contributed by atoms with Gasteiger partial charge in [-0.2, -0.15) is 0 Å². The molecule has 0 aliphatic carbocycles. The number of amides is 1. The van der Waals surface area contributed by atoms with Gasteiger partial charge in [0.15, 0.2) is 0 Å². The molecule has 0 fully saturated rings. The summed E-state index contributed by atoms with van der Waals surface area (Å²) < 4.78 is 5.09. The van der Waals surface area contributed by atoms with Crippen LogP contribution in [0.25, 0.3) is 0 Å². The van der Waals surface area contributed by atoms with Crippen LogP contribution in [0.5, 0.6) is 0 Å². The van der Waals surface area contributed by atoms with Crippen molar-refractivity contribution in [3.05, 3.63) is 0 Å². The van der Waals surface area contributed by atoms with Crippen molar-refractivity contribution in [2.45, 2.75) is 46.3 Å². The van der Waals surface area contributed by atoms with Crippen LogP contribution in [0.1, 0.15) is 34.1 Å². The topological polar surface area (TPSA) is 75.6 Å². The van der Waals surface area contributed by atoms with Gasteiger partial charge >= 0.3 is 5.97 Å². The Kier molecular flexibility index (Phi) is 6.72. The molecule has 0 aliphatic rings. The Morgan fingerprint density at radius 1 is 1.31 bits per heavy atom. The van der Waals surface area contributed by atoms with Crippen molar-refractivity contribution in [1.82, 2.24) is 5.32 Å². The second kappa shape index (κ2) is 7.22. The molecule has 0 saturated carbocycles. The summed E-state index contributed by atoms with van der Waals surface area (Å²) in [5.74, 6) is -1.49. The number of carbonyl (C=O) groups excluding carboxylic acids is 1. The summed E-state index contributed by atoms with van der Waals surface area (Å²) in [5, 5.41) is 11.4. The van der Waals surface area contributed by atoms with Crippen molar-refractivity contribution in [1.29, 1.82) is 0 Å². The van der Waals surface area contributed by atoms with E-state index in [1.54, 1.807) is 6.92 Å². The summed E-state index contributed by atoms with van der Waals surface area (Å²) in [4.78, 5) is 22.3. The van der Waals surface area contributed by atoms with E-state index < -0.39 is 12.0 Å². The Labute approximate surface area is 96.2 Å². The maximum atomic E-state index is 11.4. The number of hydrogen-bond acceptors (Lipinski definition) is 3. The lowest BCUT2D eigenvalue weighted by Crippen LogP contribution is -2.46. The highest BCUT2D eigenvalue weighted by Crippen LogP contribution is 2.07. The fraction of sp³-hybridized carbons (Fsp3) is 0.818. The Hall–Kier alpha value is -1.10. The average molecular weight is 231 g/mol. The zero-order chi connectivity index (χ0) is 12.7. The van der Waals surface area contributed by atoms with Gasteiger partial charge < -0.3 is 15.2 Å². The third-order valence-corrected chi connectivity index (χ3v) is 2.34. The zero-order valence-electron chi connectivity index (χ0n) is 10.3. The summed E-state index contributed by atoms with van der Waals surface area (Å²) in [6.45, 7) is 7.21. The normalized spacial score (nSPS) is 14.6. The number of aliphatic carboxylic acids is 1. The minimum absolute atomic E-state index is 0.0439. The molecule has 2 N–H and O–H groups in total. The molecular weight excluding hydrogens is 210 g/mol. The molecule has 5 heteroatoms. The lowest BCUT2D eigenvalue weighted by molar-refractivity contribution is -0.144. The Bertz CT molecular complexity index is 240. The molecule has 0 aromatic heterocycles. The summed E-state index contributed by atoms with van der Waals surface area (Å²) in [7, 11) is 0. The predicted molar refractivity (Wildman–Crippen MR) is 60.1 cm³/mol. The number of carbonyl (C=O) groups is 2. The van der Waals surface area contributed by atoms with Crippen LogP contribution in [0.15, 0.2) is 0 Å². The minimum Gasteiger partial charge on any atom is -0.480 e. The van der Waals surface area contributed by atoms with Gasteiger partial charge in [0, 0.05) is 0 Å². The zero-order valence-corrected chi connectivity index (χ0v) is 10.3. The largest absolute Gasteiger partial charge is 0.480 e. The first-order valence-electron chi connectivity index (χ1n) is 5.52. The molecule has 2 unspecified atom stereocenters. The number of carboxylic acids is 1. The standard InChI is InChI=1S/C11H21NO4/c1-5-8(4)10(11(14)15)12-9(13)6-16-7(2)3/h7-8,10H,5-6H2,1-4H3,(H,12,13)(H,14,15). The van der Waals surface area contributed by atoms with E-state index in [9.17, 15) is 9.59 Å². The van der Waals surface area contributed by atoms with Crippen LogP contribution >= 0.6 is 0 Å². The van der Waals surface area contributed by atoms with E-state index in [0.29, 0.717) is 6.42 Å². The molecule has 5 nitrogen and oxygen atoms in total. The number of nitrogens with one attached hydrogen (secondary N) is 1. The molecule has 0 saturated heterocycles. The third kappa shape index (κ3) is 5.70. The SMILES string of the molecule is CCC(C)C(NC(=O)COC(C)C)C(=O)O. The number of hydrogen-bond donors (Lipinski definition) is 2. The van der Waals surface area contributed by atoms with E-state index in [4.69, 9.17) is 9.84 Å². The highest BCUT2D eigenvalue weighted by molar-refractivity contribution is 5.84. The van der Waals surface area contributed by atoms with E-state index in [0.717, 1.165) is 0 Å². The van der Waals surface area contributed by atoms with Crippen molar-refractivity contribution < 1.29 is 19.4 Å². The first-order valence-corrected chi connectivity index (χ1v) is 5.52. The van der Waals surface area contributed by atoms with Gasteiger partial charge in [0.1, 0.15) is 12.6 Å². The average Bonchev–Trinajstić information content (AvgIpc) is 2.21. The van der Waals surface area contributed by atoms with Gasteiger partial charge in [-0.3, -0.25) is 4.79 Å². The van der Waals surface area contributed by atoms with Gasteiger partial charge in [0.2, 0.25) is 5.91 Å². The molecule has 0 aliphatic heterocycles. The van der Waals surface area contributed by atoms with E-state index >= 15 is 0 Å². The molecule has 0 aromatic carbocycles. The van der Waals surface area contributed by atoms with Gasteiger partial charge in [-0.25, -0.2) is 4.79 Å². The summed E-state index contributed by atoms with van der Waals surface area (Å²) in [6.07, 6.45) is 0.653. The molecule has 0 spiro atoms. The molecule has 2 atom stereocenters. The van der Waals surface area contributed by atoms with Crippen LogP contribution in [0.2, 0.25) is 0 Å². The van der Waals surface area contributed by atoms with Crippen LogP contribution in [0.3, 0.4) is 0 Å². The fourth-order valence-corrected chi connectivity index (χ4v) is 1.14. The van der Waals surface area contributed by atoms with Gasteiger partial charge in [-0.05, 0) is 19.8 Å². The van der Waals surface area contributed by atoms with E-state index in [2.05, 4.69) is 5.32 Å². The second-order valence-corrected chi connectivity index (χ2v) is 4.13. The lowest BCUT2D eigenvalue weighted by Gasteiger charge is -2.20. The van der Waals surface area contributed by atoms with Crippen LogP contribution in [-0.4, -0.2) is 35.7 Å². The van der Waals surface area contributed by atoms with Crippen molar-refractivity contribution in [3.8, 4) is 0 Å². The van der Waals surface area contributed by atoms with Crippen LogP contribution in [0.4, 0.5) is 0 Å². The van der Waals surface area contributed by atoms with Crippen LogP contribution < -0.4 is 5.32 Å². The van der Waals surface area contributed by atoms with E-state index in [-0.39, 0.29) is 24.5 Å². The quantitative estimate of drug-likeness (QED) is 0.686. The van der Waals surface area contributed by atoms with Crippen molar-refractivity contribution >= 4 is 11.9 Å². The first-order chi connectivity index (χ1) is 7.38. The van der Waals surface area contributed by atoms with Crippen molar-refractivity contribution in [2.24, 2.45) is 5.92 Å². The first kappa shape index (κ1) is 14.9. The number of ether oxygens (including phenoxy) is 1. The molecule has 1 amide bonds. The Morgan fingerprint density at radius 2 is 1.88 bits per heavy atom. The van der Waals surface area contributed by atoms with Crippen molar-refractivity contribution in [2.75, 3.05) is 6.61 Å². The molecule has 0 aromatic rings. The Morgan fingerprint density at radius 3 is 2.25 bits per heavy atom. The van der Waals surface area contributed by atoms with E-state index in [1.807, 2.05) is 20.8 Å². The minimum atomic E-state index is -1.01. The van der Waals surface area contributed by atoms with Crippen LogP contribution in [0, 0.1) is 5.92 Å². The summed E-state index contributed by atoms with van der Waals surface area (Å²) >= 11 is 0. The summed E-state index contributed by atoms with van der Waals surface area (Å²) in [5.41, 5.74) is 0. The van der Waals surface area contributed by atoms with Gasteiger partial charge in [0.05, 0.1) is 6.10 Å². The summed E-state index contributed by atoms with van der Waals surface area (Å²) in [6, 6.07) is -0.840. The lowest BCUT2D eigenvalue weighted by atomic mass is 9.99. The van der Waals surface area contributed by atoms with Crippen molar-refractivity contribution in [3.63, 3.8) is 0 Å². The molecule has 0 heterocycles. The highest BCUT2D eigenvalue weighted by atomic mass is 16.5. The molecule has 0 bridgehead atoms. The maximum Gasteiger partial charge on any atom is 0.326 e. The molecular formula is C11H21NO4. The Balaban J connectivity index is 4.19. The fourth-order valence-electron chi connectivity index (χ4n) is 1.14. The predicted octanol–water partition coefficient (Wildman–Crippen LogP) is 1.03. The monoisotopic (exact) mass is 231 g/mol. The molecule has 0 rings (SSSR count). The molecule has 16 heavy (non-hydrogen) atoms. The molecule has 94 valence electrons. The van der Waals surface area contributed by atoms with Gasteiger partial charge in [0.25, 0.3) is 0 Å². The van der Waals surface area contributed by atoms with Gasteiger partial charge in [-0.15, -0.1) is 0 Å². The second-order valence-electron chi connectivity index (χ2n) is 4.13. The molecule has 0 radical (unpaired) electrons.